The zero-order chi connectivity index (χ0) is 15.1. The van der Waals surface area contributed by atoms with Gasteiger partial charge in [-0.05, 0) is 52.0 Å². The Morgan fingerprint density at radius 1 is 1.45 bits per heavy atom. The lowest BCUT2D eigenvalue weighted by Gasteiger charge is -2.20. The molecular weight excluding hydrogens is 278 g/mol. The van der Waals surface area contributed by atoms with Crippen molar-refractivity contribution in [2.75, 3.05) is 20.1 Å². The maximum atomic E-state index is 10.6. The summed E-state index contributed by atoms with van der Waals surface area (Å²) in [7, 11) is 2.11. The molecule has 1 rings (SSSR count). The van der Waals surface area contributed by atoms with Gasteiger partial charge in [-0.1, -0.05) is 11.6 Å². The number of hydrogen-bond donors (Lipinski definition) is 1. The molecule has 6 heteroatoms. The lowest BCUT2D eigenvalue weighted by molar-refractivity contribution is -0.384. The van der Waals surface area contributed by atoms with Crippen LogP contribution in [0.4, 0.5) is 5.69 Å². The van der Waals surface area contributed by atoms with Gasteiger partial charge in [0.25, 0.3) is 5.69 Å². The zero-order valence-electron chi connectivity index (χ0n) is 12.2. The summed E-state index contributed by atoms with van der Waals surface area (Å²) in [6, 6.07) is 5.13. The SMILES string of the molecule is CC(C)N(C)CCCNCc1ccc([N+](=O)[O-])cc1Cl. The minimum absolute atomic E-state index is 0.0253. The molecular formula is C14H22ClN3O2. The molecule has 1 aromatic rings. The Balaban J connectivity index is 2.34. The predicted molar refractivity (Wildman–Crippen MR) is 82.2 cm³/mol. The van der Waals surface area contributed by atoms with Crippen LogP contribution in [0.1, 0.15) is 25.8 Å². The normalized spacial score (nSPS) is 11.3. The van der Waals surface area contributed by atoms with E-state index >= 15 is 0 Å². The molecule has 20 heavy (non-hydrogen) atoms. The van der Waals surface area contributed by atoms with E-state index in [1.807, 2.05) is 0 Å². The number of benzene rings is 1. The minimum atomic E-state index is -0.440. The Labute approximate surface area is 125 Å². The third kappa shape index (κ3) is 5.45. The molecule has 0 bridgehead atoms. The summed E-state index contributed by atoms with van der Waals surface area (Å²) < 4.78 is 0. The summed E-state index contributed by atoms with van der Waals surface area (Å²) in [5.74, 6) is 0. The maximum absolute atomic E-state index is 10.6. The minimum Gasteiger partial charge on any atom is -0.313 e. The third-order valence-electron chi connectivity index (χ3n) is 3.31. The van der Waals surface area contributed by atoms with Crippen molar-refractivity contribution >= 4 is 17.3 Å². The highest BCUT2D eigenvalue weighted by atomic mass is 35.5. The van der Waals surface area contributed by atoms with Gasteiger partial charge in [-0.15, -0.1) is 0 Å². The quantitative estimate of drug-likeness (QED) is 0.455. The molecule has 1 aromatic carbocycles. The summed E-state index contributed by atoms with van der Waals surface area (Å²) in [5.41, 5.74) is 0.909. The van der Waals surface area contributed by atoms with E-state index in [9.17, 15) is 10.1 Å². The second kappa shape index (κ2) is 8.19. The highest BCUT2D eigenvalue weighted by Gasteiger charge is 2.09. The van der Waals surface area contributed by atoms with Gasteiger partial charge in [0.15, 0.2) is 0 Å². The Kier molecular flexibility index (Phi) is 6.91. The topological polar surface area (TPSA) is 58.4 Å². The molecule has 0 fully saturated rings. The highest BCUT2D eigenvalue weighted by molar-refractivity contribution is 6.31. The molecule has 0 saturated heterocycles. The number of rotatable bonds is 8. The standard InChI is InChI=1S/C14H22ClN3O2/c1-11(2)17(3)8-4-7-16-10-12-5-6-13(18(19)20)9-14(12)15/h5-6,9,11,16H,4,7-8,10H2,1-3H3. The van der Waals surface area contributed by atoms with Crippen molar-refractivity contribution in [2.45, 2.75) is 32.9 Å². The first-order valence-electron chi connectivity index (χ1n) is 6.75. The van der Waals surface area contributed by atoms with Crippen molar-refractivity contribution in [3.8, 4) is 0 Å². The summed E-state index contributed by atoms with van der Waals surface area (Å²) in [6.07, 6.45) is 1.05. The first kappa shape index (κ1) is 16.9. The van der Waals surface area contributed by atoms with E-state index in [0.29, 0.717) is 17.6 Å². The van der Waals surface area contributed by atoms with E-state index in [0.717, 1.165) is 25.1 Å². The zero-order valence-corrected chi connectivity index (χ0v) is 13.0. The van der Waals surface area contributed by atoms with Crippen LogP contribution < -0.4 is 5.32 Å². The molecule has 0 aromatic heterocycles. The highest BCUT2D eigenvalue weighted by Crippen LogP contribution is 2.22. The molecule has 0 aliphatic heterocycles. The van der Waals surface area contributed by atoms with Gasteiger partial charge in [0.05, 0.1) is 9.95 Å². The summed E-state index contributed by atoms with van der Waals surface area (Å²) in [4.78, 5) is 12.5. The molecule has 0 radical (unpaired) electrons. The Bertz CT molecular complexity index is 452. The summed E-state index contributed by atoms with van der Waals surface area (Å²) in [6.45, 7) is 6.90. The number of nitrogens with zero attached hydrogens (tertiary/aromatic N) is 2. The lowest BCUT2D eigenvalue weighted by atomic mass is 10.2. The number of hydrogen-bond acceptors (Lipinski definition) is 4. The number of non-ortho nitro benzene ring substituents is 1. The van der Waals surface area contributed by atoms with Crippen LogP contribution in [0.2, 0.25) is 5.02 Å². The van der Waals surface area contributed by atoms with Gasteiger partial charge in [-0.2, -0.15) is 0 Å². The molecule has 0 unspecified atom stereocenters. The van der Waals surface area contributed by atoms with E-state index in [2.05, 4.69) is 31.1 Å². The van der Waals surface area contributed by atoms with E-state index < -0.39 is 4.92 Å². The van der Waals surface area contributed by atoms with E-state index in [-0.39, 0.29) is 5.69 Å². The van der Waals surface area contributed by atoms with Gasteiger partial charge in [0.1, 0.15) is 0 Å². The number of nitro groups is 1. The summed E-state index contributed by atoms with van der Waals surface area (Å²) in [5, 5.41) is 14.3. The smallest absolute Gasteiger partial charge is 0.270 e. The van der Waals surface area contributed by atoms with Crippen molar-refractivity contribution < 1.29 is 4.92 Å². The van der Waals surface area contributed by atoms with Crippen molar-refractivity contribution in [2.24, 2.45) is 0 Å². The largest absolute Gasteiger partial charge is 0.313 e. The Morgan fingerprint density at radius 2 is 2.15 bits per heavy atom. The molecule has 0 aliphatic rings. The van der Waals surface area contributed by atoms with E-state index in [1.165, 1.54) is 12.1 Å². The average Bonchev–Trinajstić information content (AvgIpc) is 2.39. The van der Waals surface area contributed by atoms with Crippen molar-refractivity contribution in [3.63, 3.8) is 0 Å². The number of nitrogens with one attached hydrogen (secondary N) is 1. The molecule has 0 saturated carbocycles. The van der Waals surface area contributed by atoms with Gasteiger partial charge in [0.2, 0.25) is 0 Å². The Morgan fingerprint density at radius 3 is 2.70 bits per heavy atom. The van der Waals surface area contributed by atoms with Crippen LogP contribution in [0.3, 0.4) is 0 Å². The fourth-order valence-corrected chi connectivity index (χ4v) is 1.97. The molecule has 0 aliphatic carbocycles. The van der Waals surface area contributed by atoms with Gasteiger partial charge in [-0.25, -0.2) is 0 Å². The maximum Gasteiger partial charge on any atom is 0.270 e. The van der Waals surface area contributed by atoms with Crippen LogP contribution in [0, 0.1) is 10.1 Å². The van der Waals surface area contributed by atoms with Gasteiger partial charge in [-0.3, -0.25) is 10.1 Å². The fraction of sp³-hybridized carbons (Fsp3) is 0.571. The van der Waals surface area contributed by atoms with Crippen LogP contribution in [0.15, 0.2) is 18.2 Å². The van der Waals surface area contributed by atoms with Crippen molar-refractivity contribution in [3.05, 3.63) is 38.9 Å². The van der Waals surface area contributed by atoms with Gasteiger partial charge >= 0.3 is 0 Å². The van der Waals surface area contributed by atoms with Gasteiger partial charge in [0, 0.05) is 24.7 Å². The second-order valence-electron chi connectivity index (χ2n) is 5.14. The lowest BCUT2D eigenvalue weighted by Crippen LogP contribution is -2.29. The molecule has 0 heterocycles. The van der Waals surface area contributed by atoms with Crippen LogP contribution in [0.5, 0.6) is 0 Å². The Hall–Kier alpha value is -1.17. The molecule has 0 amide bonds. The molecule has 112 valence electrons. The van der Waals surface area contributed by atoms with Crippen LogP contribution in [-0.2, 0) is 6.54 Å². The van der Waals surface area contributed by atoms with E-state index in [4.69, 9.17) is 11.6 Å². The van der Waals surface area contributed by atoms with Crippen molar-refractivity contribution in [1.29, 1.82) is 0 Å². The molecule has 0 atom stereocenters. The second-order valence-corrected chi connectivity index (χ2v) is 5.54. The van der Waals surface area contributed by atoms with Gasteiger partial charge < -0.3 is 10.2 Å². The fourth-order valence-electron chi connectivity index (χ4n) is 1.73. The monoisotopic (exact) mass is 299 g/mol. The molecule has 0 spiro atoms. The predicted octanol–water partition coefficient (Wildman–Crippen LogP) is 3.07. The average molecular weight is 300 g/mol. The molecule has 5 nitrogen and oxygen atoms in total. The summed E-state index contributed by atoms with van der Waals surface area (Å²) >= 11 is 6.03. The van der Waals surface area contributed by atoms with E-state index in [1.54, 1.807) is 6.07 Å². The number of nitro benzene ring substituents is 1. The first-order chi connectivity index (χ1) is 9.41. The van der Waals surface area contributed by atoms with Crippen LogP contribution in [0.25, 0.3) is 0 Å². The van der Waals surface area contributed by atoms with Crippen LogP contribution >= 0.6 is 11.6 Å². The van der Waals surface area contributed by atoms with Crippen LogP contribution in [-0.4, -0.2) is 36.0 Å². The first-order valence-corrected chi connectivity index (χ1v) is 7.13. The third-order valence-corrected chi connectivity index (χ3v) is 3.66. The molecule has 1 N–H and O–H groups in total. The number of halogens is 1. The van der Waals surface area contributed by atoms with Crippen molar-refractivity contribution in [1.82, 2.24) is 10.2 Å².